The van der Waals surface area contributed by atoms with Crippen molar-refractivity contribution >= 4 is 122 Å². The minimum absolute atomic E-state index is 0.0103. The Labute approximate surface area is 767 Å². The van der Waals surface area contributed by atoms with E-state index in [0.717, 1.165) is 10.9 Å². The molecule has 4 aliphatic heterocycles. The third kappa shape index (κ3) is 29.2. The minimum Gasteiger partial charge on any atom is -0.370 e. The number of rotatable bonds is 20. The van der Waals surface area contributed by atoms with Gasteiger partial charge in [0.25, 0.3) is 0 Å². The molecule has 0 spiro atoms. The molecule has 702 valence electrons. The van der Waals surface area contributed by atoms with Gasteiger partial charge < -0.3 is 84.7 Å². The number of hydrogen-bond donors (Lipinski definition) is 14. The van der Waals surface area contributed by atoms with Gasteiger partial charge >= 0.3 is 0 Å². The zero-order valence-corrected chi connectivity index (χ0v) is 76.9. The van der Waals surface area contributed by atoms with Crippen molar-refractivity contribution in [2.75, 3.05) is 18.8 Å². The molecule has 34 nitrogen and oxygen atoms in total. The largest absolute Gasteiger partial charge is 0.370 e. The number of pyridine rings is 1. The Hall–Kier alpha value is -12.7. The molecule has 15 amide bonds. The van der Waals surface area contributed by atoms with Gasteiger partial charge in [-0.05, 0) is 142 Å². The number of fused-ring (bicyclic) bond motifs is 7. The number of carbonyl (C=O) groups excluding carboxylic acids is 16. The van der Waals surface area contributed by atoms with Crippen LogP contribution in [0.25, 0.3) is 10.9 Å². The zero-order valence-electron chi connectivity index (χ0n) is 76.1. The SMILES string of the molecule is CC(C)C[C@H]1CC(=O)[C@@H](Cc2ccccc2)NC(=O)[C@H](CCC(N)=O)NC(=O)[C@@H]2CCCN2C(=O)[C@H](Cc2c[nH]c3ccccc23)NC(=O)[C@H](CC(C)C)NC(=O)[C@H](CC(C)C)NC(=O)[C@H](C)NC(=O)[C@H](Cc2ccccc2)NC(=O)[C@@H]2CSC(=N2)c2cccc(n2)C[C@@H](C(N)=O)NC(=O)[C@H](Cc2ccccc2)NC(=O)[C@H](C)NC(=O)[C@H](CC(C)C)NC(=O)[C@@H]2CCCN2C1=O. The number of H-pyrrole nitrogens is 1. The van der Waals surface area contributed by atoms with E-state index in [-0.39, 0.29) is 132 Å². The molecule has 0 saturated carbocycles. The predicted molar refractivity (Wildman–Crippen MR) is 494 cm³/mol. The van der Waals surface area contributed by atoms with Crippen molar-refractivity contribution in [1.29, 1.82) is 0 Å². The van der Waals surface area contributed by atoms with Gasteiger partial charge in [0.1, 0.15) is 83.6 Å². The fraction of sp³-hybridized carbons (Fsp3) is 0.500. The highest BCUT2D eigenvalue weighted by atomic mass is 32.2. The first-order chi connectivity index (χ1) is 62.4. The molecular formula is C96H126N18O16S. The number of carbonyl (C=O) groups is 16. The maximum atomic E-state index is 15.6. The number of nitrogens with two attached hydrogens (primary N) is 2. The molecule has 2 fully saturated rings. The average molecular weight is 1820 g/mol. The second-order valence-electron chi connectivity index (χ2n) is 36.3. The van der Waals surface area contributed by atoms with E-state index in [2.05, 4.69) is 63.5 Å². The van der Waals surface area contributed by atoms with Crippen LogP contribution in [0.15, 0.2) is 145 Å². The quantitative estimate of drug-likeness (QED) is 0.0516. The van der Waals surface area contributed by atoms with Crippen LogP contribution >= 0.6 is 11.8 Å². The third-order valence-electron chi connectivity index (χ3n) is 23.7. The van der Waals surface area contributed by atoms with Gasteiger partial charge in [0.05, 0.1) is 11.7 Å². The molecule has 4 aromatic carbocycles. The van der Waals surface area contributed by atoms with E-state index in [1.54, 1.807) is 115 Å². The Kier molecular flexibility index (Phi) is 36.6. The van der Waals surface area contributed by atoms with Crippen molar-refractivity contribution in [2.45, 2.75) is 257 Å². The molecule has 0 radical (unpaired) electrons. The van der Waals surface area contributed by atoms with Gasteiger partial charge in [-0.2, -0.15) is 0 Å². The summed E-state index contributed by atoms with van der Waals surface area (Å²) in [5.74, 6) is -13.9. The molecule has 4 bridgehead atoms. The summed E-state index contributed by atoms with van der Waals surface area (Å²) in [6.45, 7) is 17.6. The van der Waals surface area contributed by atoms with Crippen LogP contribution in [-0.2, 0) is 109 Å². The van der Waals surface area contributed by atoms with E-state index in [1.165, 1.54) is 35.4 Å². The number of aromatic amines is 1. The van der Waals surface area contributed by atoms with Crippen LogP contribution < -0.4 is 70.0 Å². The minimum atomic E-state index is -1.55. The number of thioether (sulfide) groups is 1. The molecule has 10 rings (SSSR count). The standard InChI is InChI=1S/C96H126N18O16S/c1-53(2)41-62-49-80(115)69(45-59-25-14-11-15-26-59)104-85(120)67(37-38-81(97)116)103-92(127)79-36-24-40-114(79)96(130)76(48-63-51-99-66-33-21-20-32-65(63)66)111-89(124)73(44-56(7)8)108-88(123)72(43-55(5)6)106-83(118)57(9)101-87(122)74(46-60-27-16-12-17-28-60)109-91(126)77-52-131-94(112-77)68-34-22-31-64(102-68)50-70(82(98)117)105-90(125)75(47-61-29-18-13-19-30-61)107-84(119)58(10)100-86(121)71(42-54(3)4)110-93(128)78-35-23-39-113(78)95(62)129/h11-22,25-34,51,53-58,62,67,69-79,99H,23-24,35-50,52H2,1-10H3,(H2,97,116)(H2,98,117)(H,100,121)(H,101,122)(H,103,127)(H,104,120)(H,105,125)(H,106,118)(H,107,119)(H,108,123)(H,109,126)(H,110,128)(H,111,124)/t57-,58-,62-,67-,69+,70-,71-,72-,73-,74-,75-,76-,77-,78-,79-/m0/s1. The van der Waals surface area contributed by atoms with E-state index in [0.29, 0.717) is 39.4 Å². The van der Waals surface area contributed by atoms with Crippen LogP contribution in [0.5, 0.6) is 0 Å². The van der Waals surface area contributed by atoms with Crippen LogP contribution in [0.3, 0.4) is 0 Å². The molecule has 0 unspecified atom stereocenters. The van der Waals surface area contributed by atoms with Crippen molar-refractivity contribution in [3.63, 3.8) is 0 Å². The first-order valence-corrected chi connectivity index (χ1v) is 46.3. The average Bonchev–Trinajstić information content (AvgIpc) is 1.67. The molecule has 4 aliphatic rings. The monoisotopic (exact) mass is 1820 g/mol. The van der Waals surface area contributed by atoms with Crippen molar-refractivity contribution in [2.24, 2.45) is 46.0 Å². The van der Waals surface area contributed by atoms with E-state index < -0.39 is 198 Å². The summed E-state index contributed by atoms with van der Waals surface area (Å²) in [5, 5.41) is 31.8. The predicted octanol–water partition coefficient (Wildman–Crippen LogP) is 3.82. The second kappa shape index (κ2) is 47.7. The van der Waals surface area contributed by atoms with Crippen LogP contribution in [0.4, 0.5) is 0 Å². The number of aliphatic imine (C=N–C) groups is 1. The molecule has 2 aromatic heterocycles. The molecule has 2 saturated heterocycles. The molecule has 35 heteroatoms. The first-order valence-electron chi connectivity index (χ1n) is 45.3. The maximum Gasteiger partial charge on any atom is 0.246 e. The number of amides is 15. The summed E-state index contributed by atoms with van der Waals surface area (Å²) in [7, 11) is 0. The highest BCUT2D eigenvalue weighted by Gasteiger charge is 2.45. The third-order valence-corrected chi connectivity index (χ3v) is 24.7. The molecule has 0 aliphatic carbocycles. The Bertz CT molecular complexity index is 5110. The topological polar surface area (TPSA) is 505 Å². The van der Waals surface area contributed by atoms with E-state index in [9.17, 15) is 47.9 Å². The Balaban J connectivity index is 0.969. The van der Waals surface area contributed by atoms with E-state index in [4.69, 9.17) is 21.4 Å². The van der Waals surface area contributed by atoms with Gasteiger partial charge in [0.2, 0.25) is 88.6 Å². The number of Topliss-reactive ketones (excluding diaryl/α,β-unsaturated/α-hetero) is 1. The van der Waals surface area contributed by atoms with Gasteiger partial charge in [0.15, 0.2) is 5.78 Å². The molecule has 16 N–H and O–H groups in total. The first kappa shape index (κ1) is 100. The number of primary amides is 2. The van der Waals surface area contributed by atoms with E-state index >= 15 is 28.8 Å². The molecule has 6 aromatic rings. The number of nitrogens with zero attached hydrogens (tertiary/aromatic N) is 4. The zero-order chi connectivity index (χ0) is 94.9. The van der Waals surface area contributed by atoms with Gasteiger partial charge in [0, 0.05) is 86.1 Å². The number of benzene rings is 4. The molecule has 131 heavy (non-hydrogen) atoms. The Morgan fingerprint density at radius 1 is 0.427 bits per heavy atom. The fourth-order valence-corrected chi connectivity index (χ4v) is 17.9. The lowest BCUT2D eigenvalue weighted by Gasteiger charge is -2.32. The number of ketones is 1. The lowest BCUT2D eigenvalue weighted by molar-refractivity contribution is -0.144. The number of nitrogens with one attached hydrogen (secondary N) is 12. The van der Waals surface area contributed by atoms with Crippen LogP contribution in [0.1, 0.15) is 174 Å². The van der Waals surface area contributed by atoms with Gasteiger partial charge in [-0.3, -0.25) is 86.7 Å². The summed E-state index contributed by atoms with van der Waals surface area (Å²) < 4.78 is 0. The number of para-hydroxylation sites is 1. The summed E-state index contributed by atoms with van der Waals surface area (Å²) >= 11 is 1.20. The maximum absolute atomic E-state index is 15.6. The summed E-state index contributed by atoms with van der Waals surface area (Å²) in [6, 6.07) is 20.0. The van der Waals surface area contributed by atoms with Gasteiger partial charge in [-0.15, -0.1) is 11.8 Å². The Morgan fingerprint density at radius 3 is 1.37 bits per heavy atom. The normalized spacial score (nSPS) is 25.5. The summed E-state index contributed by atoms with van der Waals surface area (Å²) in [4.78, 5) is 250. The van der Waals surface area contributed by atoms with Crippen molar-refractivity contribution in [3.8, 4) is 0 Å². The molecular weight excluding hydrogens is 1690 g/mol. The van der Waals surface area contributed by atoms with Crippen LogP contribution in [-0.4, -0.2) is 223 Å². The highest BCUT2D eigenvalue weighted by molar-refractivity contribution is 8.14. The lowest BCUT2D eigenvalue weighted by atomic mass is 9.87. The van der Waals surface area contributed by atoms with Gasteiger partial charge in [-0.25, -0.2) is 0 Å². The van der Waals surface area contributed by atoms with Crippen molar-refractivity contribution in [3.05, 3.63) is 173 Å². The van der Waals surface area contributed by atoms with Crippen LogP contribution in [0, 0.1) is 29.6 Å². The lowest BCUT2D eigenvalue weighted by Crippen LogP contribution is -2.60. The fourth-order valence-electron chi connectivity index (χ4n) is 16.9. The summed E-state index contributed by atoms with van der Waals surface area (Å²) in [6.07, 6.45) is 1.11. The van der Waals surface area contributed by atoms with Crippen molar-refractivity contribution in [1.82, 2.24) is 78.3 Å². The van der Waals surface area contributed by atoms with Crippen LogP contribution in [0.2, 0.25) is 0 Å². The van der Waals surface area contributed by atoms with Gasteiger partial charge in [-0.1, -0.05) is 171 Å². The van der Waals surface area contributed by atoms with Crippen molar-refractivity contribution < 1.29 is 76.7 Å². The smallest absolute Gasteiger partial charge is 0.246 e. The summed E-state index contributed by atoms with van der Waals surface area (Å²) in [5.41, 5.74) is 15.5. The number of hydrogen-bond acceptors (Lipinski definition) is 19. The molecule has 6 heterocycles. The highest BCUT2D eigenvalue weighted by Crippen LogP contribution is 2.30. The van der Waals surface area contributed by atoms with E-state index in [1.807, 2.05) is 79.7 Å². The second-order valence-corrected chi connectivity index (χ2v) is 37.3. The molecule has 15 atom stereocenters. The Morgan fingerprint density at radius 2 is 0.855 bits per heavy atom. The number of aromatic nitrogens is 2.